The normalized spacial score (nSPS) is 41.6. The average molecular weight is 245 g/mol. The summed E-state index contributed by atoms with van der Waals surface area (Å²) in [6, 6.07) is 0. The van der Waals surface area contributed by atoms with Crippen LogP contribution in [-0.2, 0) is 19.0 Å². The van der Waals surface area contributed by atoms with E-state index in [9.17, 15) is 0 Å². The summed E-state index contributed by atoms with van der Waals surface area (Å²) in [6.45, 7) is 0.644. The Morgan fingerprint density at radius 1 is 1.22 bits per heavy atom. The first-order valence-electron chi connectivity index (χ1n) is 7.41. The maximum atomic E-state index is 5.93. The van der Waals surface area contributed by atoms with Crippen molar-refractivity contribution in [1.29, 1.82) is 0 Å². The van der Waals surface area contributed by atoms with Crippen molar-refractivity contribution in [1.82, 2.24) is 9.78 Å². The Kier molecular flexibility index (Phi) is 2.20. The van der Waals surface area contributed by atoms with E-state index in [4.69, 9.17) is 5.73 Å². The predicted octanol–water partition coefficient (Wildman–Crippen LogP) is 2.35. The zero-order valence-corrected chi connectivity index (χ0v) is 11.2. The fourth-order valence-corrected chi connectivity index (χ4v) is 5.72. The Morgan fingerprint density at radius 3 is 2.28 bits per heavy atom. The molecular weight excluding hydrogens is 222 g/mol. The van der Waals surface area contributed by atoms with Gasteiger partial charge in [0, 0.05) is 30.3 Å². The van der Waals surface area contributed by atoms with Gasteiger partial charge in [-0.2, -0.15) is 5.10 Å². The lowest BCUT2D eigenvalue weighted by atomic mass is 9.48. The summed E-state index contributed by atoms with van der Waals surface area (Å²) in [5, 5.41) is 4.48. The molecule has 5 rings (SSSR count). The van der Waals surface area contributed by atoms with Gasteiger partial charge in [-0.05, 0) is 56.3 Å². The fourth-order valence-electron chi connectivity index (χ4n) is 5.72. The van der Waals surface area contributed by atoms with Crippen LogP contribution in [0.4, 0.5) is 0 Å². The second-order valence-corrected chi connectivity index (χ2v) is 7.04. The summed E-state index contributed by atoms with van der Waals surface area (Å²) in [5.41, 5.74) is 9.12. The van der Waals surface area contributed by atoms with Crippen molar-refractivity contribution in [3.63, 3.8) is 0 Å². The Balaban J connectivity index is 1.81. The van der Waals surface area contributed by atoms with E-state index in [0.717, 1.165) is 17.8 Å². The van der Waals surface area contributed by atoms with Crippen LogP contribution < -0.4 is 5.73 Å². The molecule has 1 aromatic rings. The molecule has 0 spiro atoms. The topological polar surface area (TPSA) is 43.8 Å². The molecule has 1 aromatic heterocycles. The van der Waals surface area contributed by atoms with E-state index in [1.165, 1.54) is 49.8 Å². The number of nitrogens with two attached hydrogens (primary N) is 1. The largest absolute Gasteiger partial charge is 0.326 e. The van der Waals surface area contributed by atoms with Crippen molar-refractivity contribution >= 4 is 0 Å². The summed E-state index contributed by atoms with van der Waals surface area (Å²) in [5.74, 6) is 2.95. The molecule has 4 aliphatic rings. The summed E-state index contributed by atoms with van der Waals surface area (Å²) < 4.78 is 2.12. The Morgan fingerprint density at radius 2 is 1.78 bits per heavy atom. The van der Waals surface area contributed by atoms with Gasteiger partial charge in [0.2, 0.25) is 0 Å². The number of nitrogens with zero attached hydrogens (tertiary/aromatic N) is 2. The minimum atomic E-state index is 0.425. The lowest BCUT2D eigenvalue weighted by Gasteiger charge is -2.57. The van der Waals surface area contributed by atoms with E-state index < -0.39 is 0 Å². The fraction of sp³-hybridized carbons (Fsp3) is 0.800. The van der Waals surface area contributed by atoms with E-state index in [-0.39, 0.29) is 0 Å². The van der Waals surface area contributed by atoms with E-state index in [2.05, 4.69) is 16.8 Å². The number of hydrogen-bond donors (Lipinski definition) is 1. The molecule has 0 aromatic carbocycles. The van der Waals surface area contributed by atoms with Crippen molar-refractivity contribution < 1.29 is 0 Å². The zero-order valence-electron chi connectivity index (χ0n) is 11.2. The van der Waals surface area contributed by atoms with E-state index in [1.54, 1.807) is 0 Å². The molecule has 0 amide bonds. The molecule has 1 heterocycles. The van der Waals surface area contributed by atoms with Gasteiger partial charge in [-0.1, -0.05) is 0 Å². The molecule has 3 heteroatoms. The average Bonchev–Trinajstić information content (AvgIpc) is 2.69. The maximum absolute atomic E-state index is 5.93. The Bertz CT molecular complexity index is 439. The first-order chi connectivity index (χ1) is 8.70. The third-order valence-corrected chi connectivity index (χ3v) is 5.78. The lowest BCUT2D eigenvalue weighted by molar-refractivity contribution is -0.00927. The van der Waals surface area contributed by atoms with Gasteiger partial charge in [-0.3, -0.25) is 4.68 Å². The van der Waals surface area contributed by atoms with Gasteiger partial charge >= 0.3 is 0 Å². The van der Waals surface area contributed by atoms with E-state index in [1.807, 2.05) is 6.20 Å². The highest BCUT2D eigenvalue weighted by Gasteiger charge is 2.53. The van der Waals surface area contributed by atoms with Gasteiger partial charge in [0.05, 0.1) is 6.20 Å². The van der Waals surface area contributed by atoms with Crippen molar-refractivity contribution in [2.75, 3.05) is 0 Å². The van der Waals surface area contributed by atoms with Crippen molar-refractivity contribution in [3.05, 3.63) is 17.5 Å². The molecule has 0 aliphatic heterocycles. The van der Waals surface area contributed by atoms with Crippen LogP contribution in [0.3, 0.4) is 0 Å². The van der Waals surface area contributed by atoms with Crippen LogP contribution in [0.5, 0.6) is 0 Å². The van der Waals surface area contributed by atoms with E-state index in [0.29, 0.717) is 12.0 Å². The smallest absolute Gasteiger partial charge is 0.0537 e. The number of hydrogen-bond acceptors (Lipinski definition) is 2. The predicted molar refractivity (Wildman–Crippen MR) is 70.9 cm³/mol. The molecule has 4 fully saturated rings. The van der Waals surface area contributed by atoms with Crippen LogP contribution in [0, 0.1) is 17.8 Å². The molecular formula is C15H23N3. The molecule has 4 saturated carbocycles. The van der Waals surface area contributed by atoms with Gasteiger partial charge < -0.3 is 5.73 Å². The third kappa shape index (κ3) is 1.37. The quantitative estimate of drug-likeness (QED) is 0.869. The van der Waals surface area contributed by atoms with Crippen molar-refractivity contribution in [2.45, 2.75) is 50.5 Å². The maximum Gasteiger partial charge on any atom is 0.0537 e. The minimum Gasteiger partial charge on any atom is -0.326 e. The minimum absolute atomic E-state index is 0.425. The Labute approximate surface area is 109 Å². The molecule has 3 nitrogen and oxygen atoms in total. The van der Waals surface area contributed by atoms with Crippen LogP contribution in [-0.4, -0.2) is 9.78 Å². The standard InChI is InChI=1S/C15H23N3/c1-18-14(13(8-16)9-17-18)15-5-10-2-11(6-15)4-12(3-10)7-15/h9-12H,2-8,16H2,1H3. The third-order valence-electron chi connectivity index (χ3n) is 5.78. The first-order valence-corrected chi connectivity index (χ1v) is 7.41. The molecule has 18 heavy (non-hydrogen) atoms. The van der Waals surface area contributed by atoms with Crippen molar-refractivity contribution in [2.24, 2.45) is 30.5 Å². The lowest BCUT2D eigenvalue weighted by Crippen LogP contribution is -2.49. The second kappa shape index (κ2) is 3.60. The van der Waals surface area contributed by atoms with E-state index >= 15 is 0 Å². The molecule has 0 saturated heterocycles. The number of rotatable bonds is 2. The van der Waals surface area contributed by atoms with Gasteiger partial charge in [0.15, 0.2) is 0 Å². The molecule has 0 unspecified atom stereocenters. The van der Waals surface area contributed by atoms with Gasteiger partial charge in [0.1, 0.15) is 0 Å². The van der Waals surface area contributed by atoms with Gasteiger partial charge in [-0.25, -0.2) is 0 Å². The van der Waals surface area contributed by atoms with Crippen LogP contribution in [0.1, 0.15) is 49.8 Å². The highest BCUT2D eigenvalue weighted by atomic mass is 15.3. The molecule has 2 N–H and O–H groups in total. The van der Waals surface area contributed by atoms with Crippen LogP contribution in [0.25, 0.3) is 0 Å². The summed E-state index contributed by atoms with van der Waals surface area (Å²) in [7, 11) is 2.10. The molecule has 4 bridgehead atoms. The van der Waals surface area contributed by atoms with Crippen LogP contribution in [0.2, 0.25) is 0 Å². The number of aromatic nitrogens is 2. The second-order valence-electron chi connectivity index (χ2n) is 7.04. The molecule has 4 aliphatic carbocycles. The summed E-state index contributed by atoms with van der Waals surface area (Å²) in [4.78, 5) is 0. The molecule has 98 valence electrons. The monoisotopic (exact) mass is 245 g/mol. The highest BCUT2D eigenvalue weighted by Crippen LogP contribution is 2.60. The van der Waals surface area contributed by atoms with Gasteiger partial charge in [0.25, 0.3) is 0 Å². The zero-order chi connectivity index (χ0) is 12.3. The molecule has 0 radical (unpaired) electrons. The number of aryl methyl sites for hydroxylation is 1. The Hall–Kier alpha value is -0.830. The molecule has 0 atom stereocenters. The van der Waals surface area contributed by atoms with Crippen LogP contribution in [0.15, 0.2) is 6.20 Å². The SMILES string of the molecule is Cn1ncc(CN)c1C12CC3CC(CC(C3)C1)C2. The van der Waals surface area contributed by atoms with Crippen LogP contribution >= 0.6 is 0 Å². The van der Waals surface area contributed by atoms with Crippen molar-refractivity contribution in [3.8, 4) is 0 Å². The summed E-state index contributed by atoms with van der Waals surface area (Å²) >= 11 is 0. The first kappa shape index (κ1) is 11.0. The summed E-state index contributed by atoms with van der Waals surface area (Å²) in [6.07, 6.45) is 10.7. The highest BCUT2D eigenvalue weighted by molar-refractivity contribution is 5.30. The van der Waals surface area contributed by atoms with Gasteiger partial charge in [-0.15, -0.1) is 0 Å².